The summed E-state index contributed by atoms with van der Waals surface area (Å²) in [6, 6.07) is 14.8. The van der Waals surface area contributed by atoms with Crippen LogP contribution in [0.5, 0.6) is 0 Å². The molecule has 0 bridgehead atoms. The number of hydrogen-bond donors (Lipinski definition) is 0. The Morgan fingerprint density at radius 3 is 2.35 bits per heavy atom. The summed E-state index contributed by atoms with van der Waals surface area (Å²) < 4.78 is 33.1. The Balaban J connectivity index is 1.12. The van der Waals surface area contributed by atoms with Crippen LogP contribution in [-0.2, 0) is 21.2 Å². The first-order chi connectivity index (χ1) is 16.5. The Morgan fingerprint density at radius 2 is 1.65 bits per heavy atom. The highest BCUT2D eigenvalue weighted by Crippen LogP contribution is 2.30. The molecule has 1 aromatic heterocycles. The SMILES string of the molecule is O=C(CCc1ccc(S(=O)(=O)N2CCCCC2)cc1)N1CCC(c2nc3ccccc3o2)CC1. The number of sulfonamides is 1. The molecule has 2 aliphatic rings. The molecule has 2 aromatic carbocycles. The van der Waals surface area contributed by atoms with Gasteiger partial charge in [-0.15, -0.1) is 0 Å². The second-order valence-electron chi connectivity index (χ2n) is 9.28. The largest absolute Gasteiger partial charge is 0.440 e. The number of oxazole rings is 1. The Kier molecular flexibility index (Phi) is 6.70. The van der Waals surface area contributed by atoms with Crippen LogP contribution in [0.2, 0.25) is 0 Å². The van der Waals surface area contributed by atoms with Crippen molar-refractivity contribution in [1.82, 2.24) is 14.2 Å². The molecule has 0 atom stereocenters. The van der Waals surface area contributed by atoms with Gasteiger partial charge in [-0.2, -0.15) is 4.31 Å². The van der Waals surface area contributed by atoms with E-state index in [1.54, 1.807) is 16.4 Å². The maximum atomic E-state index is 12.8. The second kappa shape index (κ2) is 9.88. The van der Waals surface area contributed by atoms with Crippen molar-refractivity contribution in [3.8, 4) is 0 Å². The normalized spacial score (nSPS) is 18.4. The van der Waals surface area contributed by atoms with Gasteiger partial charge in [-0.1, -0.05) is 30.7 Å². The fourth-order valence-electron chi connectivity index (χ4n) is 4.93. The first kappa shape index (κ1) is 23.1. The van der Waals surface area contributed by atoms with Crippen LogP contribution in [0.15, 0.2) is 57.8 Å². The monoisotopic (exact) mass is 481 g/mol. The molecule has 8 heteroatoms. The molecule has 3 aromatic rings. The molecular weight excluding hydrogens is 450 g/mol. The number of aryl methyl sites for hydroxylation is 1. The average Bonchev–Trinajstić information content (AvgIpc) is 3.32. The van der Waals surface area contributed by atoms with Crippen LogP contribution in [0.4, 0.5) is 0 Å². The molecule has 2 fully saturated rings. The Bertz CT molecular complexity index is 1210. The third-order valence-corrected chi connectivity index (χ3v) is 8.92. The van der Waals surface area contributed by atoms with Crippen molar-refractivity contribution in [2.45, 2.75) is 55.8 Å². The Hall–Kier alpha value is -2.71. The number of likely N-dealkylation sites (tertiary alicyclic amines) is 1. The van der Waals surface area contributed by atoms with E-state index < -0.39 is 10.0 Å². The van der Waals surface area contributed by atoms with Gasteiger partial charge >= 0.3 is 0 Å². The number of carbonyl (C=O) groups excluding carboxylic acids is 1. The van der Waals surface area contributed by atoms with Gasteiger partial charge in [0.05, 0.1) is 4.90 Å². The van der Waals surface area contributed by atoms with Crippen LogP contribution >= 0.6 is 0 Å². The molecule has 5 rings (SSSR count). The summed E-state index contributed by atoms with van der Waals surface area (Å²) in [6.07, 6.45) is 5.66. The lowest BCUT2D eigenvalue weighted by molar-refractivity contribution is -0.132. The van der Waals surface area contributed by atoms with Gasteiger partial charge in [-0.25, -0.2) is 13.4 Å². The van der Waals surface area contributed by atoms with Gasteiger partial charge < -0.3 is 9.32 Å². The molecule has 0 aliphatic carbocycles. The third kappa shape index (κ3) is 4.88. The van der Waals surface area contributed by atoms with Gasteiger partial charge in [-0.3, -0.25) is 4.79 Å². The van der Waals surface area contributed by atoms with Crippen LogP contribution in [-0.4, -0.2) is 54.7 Å². The number of nitrogens with zero attached hydrogens (tertiary/aromatic N) is 3. The van der Waals surface area contributed by atoms with Crippen LogP contribution < -0.4 is 0 Å². The molecule has 2 saturated heterocycles. The lowest BCUT2D eigenvalue weighted by Gasteiger charge is -2.30. The zero-order chi connectivity index (χ0) is 23.5. The minimum Gasteiger partial charge on any atom is -0.440 e. The highest BCUT2D eigenvalue weighted by Gasteiger charge is 2.28. The van der Waals surface area contributed by atoms with Crippen LogP contribution in [0.25, 0.3) is 11.1 Å². The van der Waals surface area contributed by atoms with E-state index in [0.717, 1.165) is 54.7 Å². The molecule has 0 unspecified atom stereocenters. The maximum absolute atomic E-state index is 12.8. The predicted molar refractivity (Wildman–Crippen MR) is 130 cm³/mol. The van der Waals surface area contributed by atoms with Crippen molar-refractivity contribution in [2.24, 2.45) is 0 Å². The molecule has 1 amide bonds. The number of carbonyl (C=O) groups is 1. The standard InChI is InChI=1S/C26H31N3O4S/c30-25(28-18-14-21(15-19-28)26-27-23-6-2-3-7-24(23)33-26)13-10-20-8-11-22(12-9-20)34(31,32)29-16-4-1-5-17-29/h2-3,6-9,11-12,21H,1,4-5,10,13-19H2. The second-order valence-corrected chi connectivity index (χ2v) is 11.2. The first-order valence-corrected chi connectivity index (χ1v) is 13.7. The van der Waals surface area contributed by atoms with E-state index in [2.05, 4.69) is 4.98 Å². The van der Waals surface area contributed by atoms with E-state index in [4.69, 9.17) is 4.42 Å². The smallest absolute Gasteiger partial charge is 0.243 e. The van der Waals surface area contributed by atoms with E-state index >= 15 is 0 Å². The zero-order valence-corrected chi connectivity index (χ0v) is 20.2. The van der Waals surface area contributed by atoms with Crippen molar-refractivity contribution < 1.29 is 17.6 Å². The average molecular weight is 482 g/mol. The predicted octanol–water partition coefficient (Wildman–Crippen LogP) is 4.34. The number of aromatic nitrogens is 1. The van der Waals surface area contributed by atoms with Crippen LogP contribution in [0.3, 0.4) is 0 Å². The number of benzene rings is 2. The molecule has 0 radical (unpaired) electrons. The van der Waals surface area contributed by atoms with Crippen molar-refractivity contribution in [1.29, 1.82) is 0 Å². The molecule has 3 heterocycles. The summed E-state index contributed by atoms with van der Waals surface area (Å²) in [6.45, 7) is 2.61. The number of piperidine rings is 2. The minimum atomic E-state index is -3.42. The highest BCUT2D eigenvalue weighted by molar-refractivity contribution is 7.89. The Labute approximate surface area is 200 Å². The Morgan fingerprint density at radius 1 is 0.941 bits per heavy atom. The van der Waals surface area contributed by atoms with E-state index in [1.807, 2.05) is 41.3 Å². The van der Waals surface area contributed by atoms with Gasteiger partial charge in [0.2, 0.25) is 15.9 Å². The number of rotatable bonds is 6. The number of amides is 1. The molecule has 34 heavy (non-hydrogen) atoms. The van der Waals surface area contributed by atoms with E-state index in [9.17, 15) is 13.2 Å². The lowest BCUT2D eigenvalue weighted by Crippen LogP contribution is -2.38. The van der Waals surface area contributed by atoms with Gasteiger partial charge in [0.15, 0.2) is 11.5 Å². The quantitative estimate of drug-likeness (QED) is 0.523. The van der Waals surface area contributed by atoms with Crippen molar-refractivity contribution in [3.63, 3.8) is 0 Å². The van der Waals surface area contributed by atoms with Crippen LogP contribution in [0.1, 0.15) is 55.9 Å². The summed E-state index contributed by atoms with van der Waals surface area (Å²) in [5, 5.41) is 0. The summed E-state index contributed by atoms with van der Waals surface area (Å²) >= 11 is 0. The summed E-state index contributed by atoms with van der Waals surface area (Å²) in [4.78, 5) is 19.7. The first-order valence-electron chi connectivity index (χ1n) is 12.2. The lowest BCUT2D eigenvalue weighted by atomic mass is 9.96. The van der Waals surface area contributed by atoms with Crippen molar-refractivity contribution in [3.05, 3.63) is 60.0 Å². The molecule has 0 spiro atoms. The third-order valence-electron chi connectivity index (χ3n) is 7.01. The fourth-order valence-corrected chi connectivity index (χ4v) is 6.45. The summed E-state index contributed by atoms with van der Waals surface area (Å²) in [7, 11) is -3.42. The molecule has 0 saturated carbocycles. The zero-order valence-electron chi connectivity index (χ0n) is 19.4. The molecular formula is C26H31N3O4S. The molecule has 0 N–H and O–H groups in total. The van der Waals surface area contributed by atoms with E-state index in [-0.39, 0.29) is 11.8 Å². The fraction of sp³-hybridized carbons (Fsp3) is 0.462. The number of fused-ring (bicyclic) bond motifs is 1. The van der Waals surface area contributed by atoms with Gasteiger partial charge in [0.25, 0.3) is 0 Å². The van der Waals surface area contributed by atoms with E-state index in [1.165, 1.54) is 0 Å². The highest BCUT2D eigenvalue weighted by atomic mass is 32.2. The van der Waals surface area contributed by atoms with Gasteiger partial charge in [-0.05, 0) is 61.9 Å². The van der Waals surface area contributed by atoms with Gasteiger partial charge in [0, 0.05) is 38.5 Å². The van der Waals surface area contributed by atoms with Crippen molar-refractivity contribution >= 4 is 27.0 Å². The van der Waals surface area contributed by atoms with Crippen molar-refractivity contribution in [2.75, 3.05) is 26.2 Å². The number of hydrogen-bond acceptors (Lipinski definition) is 5. The molecule has 180 valence electrons. The summed E-state index contributed by atoms with van der Waals surface area (Å²) in [5.74, 6) is 1.15. The topological polar surface area (TPSA) is 83.7 Å². The van der Waals surface area contributed by atoms with Crippen LogP contribution in [0, 0.1) is 0 Å². The summed E-state index contributed by atoms with van der Waals surface area (Å²) in [5.41, 5.74) is 2.67. The van der Waals surface area contributed by atoms with E-state index in [0.29, 0.717) is 43.9 Å². The number of para-hydroxylation sites is 2. The minimum absolute atomic E-state index is 0.140. The maximum Gasteiger partial charge on any atom is 0.243 e. The molecule has 2 aliphatic heterocycles. The molecule has 7 nitrogen and oxygen atoms in total. The van der Waals surface area contributed by atoms with Gasteiger partial charge in [0.1, 0.15) is 5.52 Å².